The summed E-state index contributed by atoms with van der Waals surface area (Å²) in [5.74, 6) is 5.90. The first kappa shape index (κ1) is 21.1. The summed E-state index contributed by atoms with van der Waals surface area (Å²) in [5, 5.41) is 20.3. The van der Waals surface area contributed by atoms with Gasteiger partial charge in [0.15, 0.2) is 0 Å². The molecule has 0 radical (unpaired) electrons. The molecule has 0 aliphatic carbocycles. The van der Waals surface area contributed by atoms with Crippen LogP contribution in [0, 0.1) is 17.8 Å². The molecule has 0 saturated carbocycles. The highest BCUT2D eigenvalue weighted by Gasteiger charge is 2.28. The average molecular weight is 392 g/mol. The molecule has 1 unspecified atom stereocenters. The van der Waals surface area contributed by atoms with E-state index in [0.717, 1.165) is 18.4 Å². The number of hydrogen-bond acceptors (Lipinski definition) is 3. The van der Waals surface area contributed by atoms with Crippen molar-refractivity contribution in [2.24, 2.45) is 5.92 Å². The van der Waals surface area contributed by atoms with Gasteiger partial charge in [0.1, 0.15) is 5.60 Å². The topological polar surface area (TPSA) is 60.8 Å². The van der Waals surface area contributed by atoms with Crippen LogP contribution in [0.2, 0.25) is 0 Å². The molecule has 1 fully saturated rings. The van der Waals surface area contributed by atoms with E-state index in [1.54, 1.807) is 26.0 Å². The number of amides is 1. The maximum absolute atomic E-state index is 12.9. The van der Waals surface area contributed by atoms with Crippen molar-refractivity contribution in [2.75, 3.05) is 13.1 Å². The van der Waals surface area contributed by atoms with Gasteiger partial charge in [0.05, 0.1) is 6.10 Å². The number of aliphatic hydroxyl groups is 2. The van der Waals surface area contributed by atoms with Crippen LogP contribution in [0.4, 0.5) is 0 Å². The van der Waals surface area contributed by atoms with Crippen LogP contribution in [0.3, 0.4) is 0 Å². The smallest absolute Gasteiger partial charge is 0.253 e. The number of piperidine rings is 1. The maximum Gasteiger partial charge on any atom is 0.253 e. The molecule has 29 heavy (non-hydrogen) atoms. The molecule has 3 rings (SSSR count). The van der Waals surface area contributed by atoms with Crippen LogP contribution in [0.25, 0.3) is 0 Å². The minimum Gasteiger partial charge on any atom is -0.392 e. The molecule has 4 nitrogen and oxygen atoms in total. The Hall–Kier alpha value is -2.61. The highest BCUT2D eigenvalue weighted by Crippen LogP contribution is 2.24. The molecule has 1 heterocycles. The summed E-state index contributed by atoms with van der Waals surface area (Å²) in [6.07, 6.45) is 1.88. The Morgan fingerprint density at radius 3 is 2.48 bits per heavy atom. The fourth-order valence-electron chi connectivity index (χ4n) is 3.65. The minimum atomic E-state index is -1.07. The lowest BCUT2D eigenvalue weighted by Gasteiger charge is -2.34. The van der Waals surface area contributed by atoms with E-state index in [9.17, 15) is 15.0 Å². The van der Waals surface area contributed by atoms with Crippen molar-refractivity contribution < 1.29 is 15.0 Å². The fraction of sp³-hybridized carbons (Fsp3) is 0.400. The fourth-order valence-corrected chi connectivity index (χ4v) is 3.65. The molecule has 1 aliphatic rings. The van der Waals surface area contributed by atoms with Crippen LogP contribution in [-0.2, 0) is 6.42 Å². The first-order valence-electron chi connectivity index (χ1n) is 10.2. The lowest BCUT2D eigenvalue weighted by molar-refractivity contribution is 0.0467. The standard InChI is InChI=1S/C25H29NO3/c1-25(2,29)14-11-20-9-6-10-22(17-20)24(28)26-15-12-21(13-16-26)23(27)18-19-7-4-3-5-8-19/h3-10,17,21,23,27,29H,12-13,15-16,18H2,1-2H3. The van der Waals surface area contributed by atoms with Gasteiger partial charge in [-0.15, -0.1) is 0 Å². The van der Waals surface area contributed by atoms with Gasteiger partial charge in [-0.05, 0) is 62.8 Å². The second kappa shape index (κ2) is 9.26. The molecule has 2 aromatic carbocycles. The van der Waals surface area contributed by atoms with E-state index in [0.29, 0.717) is 30.6 Å². The highest BCUT2D eigenvalue weighted by atomic mass is 16.3. The number of carbonyl (C=O) groups is 1. The lowest BCUT2D eigenvalue weighted by Crippen LogP contribution is -2.41. The monoisotopic (exact) mass is 391 g/mol. The molecule has 4 heteroatoms. The van der Waals surface area contributed by atoms with E-state index in [1.807, 2.05) is 47.4 Å². The van der Waals surface area contributed by atoms with E-state index in [2.05, 4.69) is 11.8 Å². The Morgan fingerprint density at radius 1 is 1.14 bits per heavy atom. The van der Waals surface area contributed by atoms with Crippen molar-refractivity contribution in [3.8, 4) is 11.8 Å². The molecule has 0 bridgehead atoms. The summed E-state index contributed by atoms with van der Waals surface area (Å²) in [7, 11) is 0. The van der Waals surface area contributed by atoms with E-state index in [-0.39, 0.29) is 17.9 Å². The van der Waals surface area contributed by atoms with Crippen molar-refractivity contribution in [3.63, 3.8) is 0 Å². The molecule has 2 N–H and O–H groups in total. The predicted molar refractivity (Wildman–Crippen MR) is 114 cm³/mol. The molecule has 0 spiro atoms. The van der Waals surface area contributed by atoms with E-state index in [1.165, 1.54) is 0 Å². The molecular formula is C25H29NO3. The Kier molecular flexibility index (Phi) is 6.74. The summed E-state index contributed by atoms with van der Waals surface area (Å²) < 4.78 is 0. The normalized spacial score (nSPS) is 16.1. The Balaban J connectivity index is 1.58. The summed E-state index contributed by atoms with van der Waals surface area (Å²) in [5.41, 5.74) is 1.40. The number of aliphatic hydroxyl groups excluding tert-OH is 1. The van der Waals surface area contributed by atoms with Crippen LogP contribution >= 0.6 is 0 Å². The third-order valence-corrected chi connectivity index (χ3v) is 5.28. The van der Waals surface area contributed by atoms with Crippen molar-refractivity contribution in [2.45, 2.75) is 44.8 Å². The summed E-state index contributed by atoms with van der Waals surface area (Å²) >= 11 is 0. The van der Waals surface area contributed by atoms with Crippen molar-refractivity contribution in [1.82, 2.24) is 4.90 Å². The first-order valence-corrected chi connectivity index (χ1v) is 10.2. The summed E-state index contributed by atoms with van der Waals surface area (Å²) in [4.78, 5) is 14.7. The number of nitrogens with zero attached hydrogens (tertiary/aromatic N) is 1. The first-order chi connectivity index (χ1) is 13.8. The Morgan fingerprint density at radius 2 is 1.83 bits per heavy atom. The van der Waals surface area contributed by atoms with Gasteiger partial charge in [-0.2, -0.15) is 0 Å². The molecule has 1 amide bonds. The number of carbonyl (C=O) groups excluding carboxylic acids is 1. The molecule has 152 valence electrons. The van der Waals surface area contributed by atoms with Gasteiger partial charge in [-0.3, -0.25) is 4.79 Å². The van der Waals surface area contributed by atoms with Crippen LogP contribution in [0.5, 0.6) is 0 Å². The zero-order valence-electron chi connectivity index (χ0n) is 17.1. The van der Waals surface area contributed by atoms with Crippen molar-refractivity contribution >= 4 is 5.91 Å². The maximum atomic E-state index is 12.9. The van der Waals surface area contributed by atoms with Gasteiger partial charge in [0, 0.05) is 24.2 Å². The van der Waals surface area contributed by atoms with Crippen LogP contribution in [-0.4, -0.2) is 45.8 Å². The quantitative estimate of drug-likeness (QED) is 0.787. The predicted octanol–water partition coefficient (Wildman–Crippen LogP) is 3.26. The van der Waals surface area contributed by atoms with Crippen molar-refractivity contribution in [1.29, 1.82) is 0 Å². The van der Waals surface area contributed by atoms with Crippen molar-refractivity contribution in [3.05, 3.63) is 71.3 Å². The highest BCUT2D eigenvalue weighted by molar-refractivity contribution is 5.94. The molecule has 1 atom stereocenters. The van der Waals surface area contributed by atoms with Crippen LogP contribution in [0.1, 0.15) is 48.2 Å². The lowest BCUT2D eigenvalue weighted by atomic mass is 9.87. The summed E-state index contributed by atoms with van der Waals surface area (Å²) in [6.45, 7) is 4.56. The van der Waals surface area contributed by atoms with Gasteiger partial charge in [0.2, 0.25) is 0 Å². The van der Waals surface area contributed by atoms with Crippen LogP contribution in [0.15, 0.2) is 54.6 Å². The third-order valence-electron chi connectivity index (χ3n) is 5.28. The third kappa shape index (κ3) is 6.19. The Labute approximate surface area is 173 Å². The van der Waals surface area contributed by atoms with E-state index in [4.69, 9.17) is 0 Å². The van der Waals surface area contributed by atoms with E-state index >= 15 is 0 Å². The van der Waals surface area contributed by atoms with Gasteiger partial charge in [0.25, 0.3) is 5.91 Å². The van der Waals surface area contributed by atoms with E-state index < -0.39 is 5.60 Å². The van der Waals surface area contributed by atoms with Gasteiger partial charge in [-0.1, -0.05) is 48.2 Å². The minimum absolute atomic E-state index is 0.00657. The zero-order valence-corrected chi connectivity index (χ0v) is 17.1. The summed E-state index contributed by atoms with van der Waals surface area (Å²) in [6, 6.07) is 17.3. The molecule has 1 saturated heterocycles. The van der Waals surface area contributed by atoms with Gasteiger partial charge < -0.3 is 15.1 Å². The molecule has 1 aliphatic heterocycles. The van der Waals surface area contributed by atoms with Crippen LogP contribution < -0.4 is 0 Å². The molecular weight excluding hydrogens is 362 g/mol. The molecule has 2 aromatic rings. The second-order valence-corrected chi connectivity index (χ2v) is 8.28. The largest absolute Gasteiger partial charge is 0.392 e. The number of rotatable bonds is 4. The van der Waals surface area contributed by atoms with Gasteiger partial charge >= 0.3 is 0 Å². The average Bonchev–Trinajstić information content (AvgIpc) is 2.72. The zero-order chi connectivity index (χ0) is 20.9. The second-order valence-electron chi connectivity index (χ2n) is 8.28. The SMILES string of the molecule is CC(C)(O)C#Cc1cccc(C(=O)N2CCC(C(O)Cc3ccccc3)CC2)c1. The number of benzene rings is 2. The molecule has 0 aromatic heterocycles. The Bertz CT molecular complexity index is 882. The number of likely N-dealkylation sites (tertiary alicyclic amines) is 1. The number of hydrogen-bond donors (Lipinski definition) is 2. The van der Waals surface area contributed by atoms with Gasteiger partial charge in [-0.25, -0.2) is 0 Å².